The molecule has 0 aliphatic rings. The summed E-state index contributed by atoms with van der Waals surface area (Å²) in [6.07, 6.45) is 0. The smallest absolute Gasteiger partial charge is 0.159 e. The van der Waals surface area contributed by atoms with Crippen molar-refractivity contribution in [1.29, 1.82) is 0 Å². The summed E-state index contributed by atoms with van der Waals surface area (Å²) in [4.78, 5) is 0. The fourth-order valence-electron chi connectivity index (χ4n) is 0.638. The second kappa shape index (κ2) is 3.01. The Morgan fingerprint density at radius 2 is 1.90 bits per heavy atom. The van der Waals surface area contributed by atoms with Crippen LogP contribution in [0.25, 0.3) is 0 Å². The van der Waals surface area contributed by atoms with Gasteiger partial charge >= 0.3 is 0 Å². The Morgan fingerprint density at radius 3 is 2.40 bits per heavy atom. The molecule has 0 bridgehead atoms. The minimum absolute atomic E-state index is 0.428. The second-order valence-electron chi connectivity index (χ2n) is 1.91. The van der Waals surface area contributed by atoms with E-state index in [1.165, 1.54) is 6.07 Å². The largest absolute Gasteiger partial charge is 0.204 e. The lowest BCUT2D eigenvalue weighted by molar-refractivity contribution is 0.507. The van der Waals surface area contributed by atoms with Crippen LogP contribution in [0.1, 0.15) is 5.56 Å². The summed E-state index contributed by atoms with van der Waals surface area (Å²) < 4.78 is 24.6. The summed E-state index contributed by atoms with van der Waals surface area (Å²) in [7, 11) is 0. The molecule has 0 amide bonds. The first-order chi connectivity index (χ1) is 4.74. The van der Waals surface area contributed by atoms with Crippen LogP contribution in [0.5, 0.6) is 0 Å². The topological polar surface area (TPSA) is 0 Å². The summed E-state index contributed by atoms with van der Waals surface area (Å²) >= 11 is 3.90. The van der Waals surface area contributed by atoms with Crippen molar-refractivity contribution >= 4 is 12.6 Å². The number of thiol groups is 1. The molecule has 0 fully saturated rings. The molecule has 3 heteroatoms. The van der Waals surface area contributed by atoms with Crippen molar-refractivity contribution in [2.45, 2.75) is 5.75 Å². The van der Waals surface area contributed by atoms with Gasteiger partial charge in [0, 0.05) is 5.75 Å². The van der Waals surface area contributed by atoms with Crippen molar-refractivity contribution < 1.29 is 8.78 Å². The highest BCUT2D eigenvalue weighted by Gasteiger charge is 1.99. The summed E-state index contributed by atoms with van der Waals surface area (Å²) in [5.41, 5.74) is 0.683. The van der Waals surface area contributed by atoms with Gasteiger partial charge in [-0.15, -0.1) is 0 Å². The molecule has 0 aliphatic carbocycles. The number of benzene rings is 1. The summed E-state index contributed by atoms with van der Waals surface area (Å²) in [6, 6.07) is 3.74. The van der Waals surface area contributed by atoms with Gasteiger partial charge in [0.15, 0.2) is 11.6 Å². The first-order valence-electron chi connectivity index (χ1n) is 2.79. The normalized spacial score (nSPS) is 9.90. The molecule has 0 spiro atoms. The van der Waals surface area contributed by atoms with Crippen molar-refractivity contribution in [3.8, 4) is 0 Å². The molecule has 1 aromatic carbocycles. The van der Waals surface area contributed by atoms with E-state index in [0.717, 1.165) is 12.1 Å². The third-order valence-corrected chi connectivity index (χ3v) is 1.53. The zero-order valence-corrected chi connectivity index (χ0v) is 6.04. The van der Waals surface area contributed by atoms with E-state index in [1.807, 2.05) is 0 Å². The lowest BCUT2D eigenvalue weighted by Crippen LogP contribution is -1.85. The highest BCUT2D eigenvalue weighted by Crippen LogP contribution is 2.09. The molecule has 54 valence electrons. The van der Waals surface area contributed by atoms with Crippen LogP contribution in [0.3, 0.4) is 0 Å². The summed E-state index contributed by atoms with van der Waals surface area (Å²) in [5.74, 6) is -1.20. The van der Waals surface area contributed by atoms with E-state index in [9.17, 15) is 8.78 Å². The third-order valence-electron chi connectivity index (χ3n) is 1.17. The monoisotopic (exact) mass is 160 g/mol. The van der Waals surface area contributed by atoms with Crippen molar-refractivity contribution in [2.24, 2.45) is 0 Å². The Hall–Kier alpha value is -0.570. The van der Waals surface area contributed by atoms with E-state index in [-0.39, 0.29) is 0 Å². The lowest BCUT2D eigenvalue weighted by Gasteiger charge is -1.95. The maximum Gasteiger partial charge on any atom is 0.159 e. The molecular formula is C7H6F2S. The highest BCUT2D eigenvalue weighted by molar-refractivity contribution is 7.79. The SMILES string of the molecule is Fc1ccc(CS)cc1F. The number of rotatable bonds is 1. The zero-order valence-electron chi connectivity index (χ0n) is 5.14. The van der Waals surface area contributed by atoms with Gasteiger partial charge in [0.05, 0.1) is 0 Å². The molecule has 10 heavy (non-hydrogen) atoms. The van der Waals surface area contributed by atoms with Gasteiger partial charge in [0.2, 0.25) is 0 Å². The first kappa shape index (κ1) is 7.54. The number of hydrogen-bond acceptors (Lipinski definition) is 1. The van der Waals surface area contributed by atoms with Gasteiger partial charge in [-0.25, -0.2) is 8.78 Å². The Morgan fingerprint density at radius 1 is 1.20 bits per heavy atom. The zero-order chi connectivity index (χ0) is 7.56. The van der Waals surface area contributed by atoms with E-state index in [2.05, 4.69) is 12.6 Å². The molecule has 0 nitrogen and oxygen atoms in total. The van der Waals surface area contributed by atoms with E-state index in [4.69, 9.17) is 0 Å². The van der Waals surface area contributed by atoms with Crippen LogP contribution in [-0.4, -0.2) is 0 Å². The minimum atomic E-state index is -0.814. The van der Waals surface area contributed by atoms with Crippen LogP contribution >= 0.6 is 12.6 Å². The van der Waals surface area contributed by atoms with Crippen LogP contribution in [0.15, 0.2) is 18.2 Å². The second-order valence-corrected chi connectivity index (χ2v) is 2.22. The maximum atomic E-state index is 12.4. The molecule has 0 atom stereocenters. The Balaban J connectivity index is 3.04. The Labute approximate surface area is 63.3 Å². The van der Waals surface area contributed by atoms with Gasteiger partial charge in [-0.05, 0) is 17.7 Å². The average molecular weight is 160 g/mol. The average Bonchev–Trinajstić information content (AvgIpc) is 1.95. The summed E-state index contributed by atoms with van der Waals surface area (Å²) in [6.45, 7) is 0. The standard InChI is InChI=1S/C7H6F2S/c8-6-2-1-5(4-10)3-7(6)9/h1-3,10H,4H2. The van der Waals surface area contributed by atoms with Gasteiger partial charge < -0.3 is 0 Å². The highest BCUT2D eigenvalue weighted by atomic mass is 32.1. The predicted molar refractivity (Wildman–Crippen MR) is 39.0 cm³/mol. The quantitative estimate of drug-likeness (QED) is 0.599. The van der Waals surface area contributed by atoms with E-state index in [1.54, 1.807) is 0 Å². The molecule has 0 saturated carbocycles. The summed E-state index contributed by atoms with van der Waals surface area (Å²) in [5, 5.41) is 0. The van der Waals surface area contributed by atoms with Crippen LogP contribution in [-0.2, 0) is 5.75 Å². The van der Waals surface area contributed by atoms with E-state index in [0.29, 0.717) is 11.3 Å². The van der Waals surface area contributed by atoms with Crippen molar-refractivity contribution in [2.75, 3.05) is 0 Å². The fourth-order valence-corrected chi connectivity index (χ4v) is 0.835. The van der Waals surface area contributed by atoms with E-state index < -0.39 is 11.6 Å². The Bertz CT molecular complexity index is 235. The van der Waals surface area contributed by atoms with Gasteiger partial charge in [-0.1, -0.05) is 6.07 Å². The Kier molecular flexibility index (Phi) is 2.27. The molecule has 0 aliphatic heterocycles. The van der Waals surface area contributed by atoms with Crippen molar-refractivity contribution in [3.63, 3.8) is 0 Å². The molecule has 0 saturated heterocycles. The third kappa shape index (κ3) is 1.48. The van der Waals surface area contributed by atoms with Crippen molar-refractivity contribution in [1.82, 2.24) is 0 Å². The van der Waals surface area contributed by atoms with Crippen LogP contribution in [0.4, 0.5) is 8.78 Å². The molecule has 0 heterocycles. The minimum Gasteiger partial charge on any atom is -0.204 e. The van der Waals surface area contributed by atoms with E-state index >= 15 is 0 Å². The molecule has 0 aromatic heterocycles. The van der Waals surface area contributed by atoms with Crippen LogP contribution in [0, 0.1) is 11.6 Å². The molecule has 0 radical (unpaired) electrons. The fraction of sp³-hybridized carbons (Fsp3) is 0.143. The van der Waals surface area contributed by atoms with Gasteiger partial charge in [0.25, 0.3) is 0 Å². The van der Waals surface area contributed by atoms with Gasteiger partial charge in [-0.3, -0.25) is 0 Å². The predicted octanol–water partition coefficient (Wildman–Crippen LogP) is 2.39. The van der Waals surface area contributed by atoms with Gasteiger partial charge in [0.1, 0.15) is 0 Å². The number of halogens is 2. The van der Waals surface area contributed by atoms with Crippen LogP contribution in [0.2, 0.25) is 0 Å². The lowest BCUT2D eigenvalue weighted by atomic mass is 10.2. The first-order valence-corrected chi connectivity index (χ1v) is 3.42. The van der Waals surface area contributed by atoms with Crippen LogP contribution < -0.4 is 0 Å². The molecule has 0 N–H and O–H groups in total. The number of hydrogen-bond donors (Lipinski definition) is 1. The molecular weight excluding hydrogens is 154 g/mol. The maximum absolute atomic E-state index is 12.4. The molecule has 1 aromatic rings. The molecule has 1 rings (SSSR count). The molecule has 0 unspecified atom stereocenters. The van der Waals surface area contributed by atoms with Crippen molar-refractivity contribution in [3.05, 3.63) is 35.4 Å². The van der Waals surface area contributed by atoms with Gasteiger partial charge in [-0.2, -0.15) is 12.6 Å².